The van der Waals surface area contributed by atoms with Gasteiger partial charge in [0.1, 0.15) is 0 Å². The number of aliphatic carboxylic acids is 1. The van der Waals surface area contributed by atoms with Crippen molar-refractivity contribution in [3.8, 4) is 0 Å². The summed E-state index contributed by atoms with van der Waals surface area (Å²) in [6.07, 6.45) is 4.00. The molecule has 0 aliphatic heterocycles. The van der Waals surface area contributed by atoms with E-state index in [1.54, 1.807) is 0 Å². The molecule has 0 bridgehead atoms. The van der Waals surface area contributed by atoms with Crippen LogP contribution in [-0.4, -0.2) is 40.9 Å². The summed E-state index contributed by atoms with van der Waals surface area (Å²) in [5.74, 6) is -0.541. The van der Waals surface area contributed by atoms with Crippen LogP contribution in [0.4, 0.5) is 4.79 Å². The Hall–Kier alpha value is -1.30. The first-order valence-electron chi connectivity index (χ1n) is 5.93. The van der Waals surface area contributed by atoms with Crippen molar-refractivity contribution >= 4 is 12.0 Å². The van der Waals surface area contributed by atoms with Crippen LogP contribution < -0.4 is 10.6 Å². The smallest absolute Gasteiger partial charge is 0.328 e. The maximum atomic E-state index is 11.5. The molecule has 0 aromatic carbocycles. The van der Waals surface area contributed by atoms with E-state index < -0.39 is 24.6 Å². The zero-order valence-electron chi connectivity index (χ0n) is 9.98. The molecule has 98 valence electrons. The van der Waals surface area contributed by atoms with E-state index in [4.69, 9.17) is 10.2 Å². The molecule has 4 N–H and O–H groups in total. The van der Waals surface area contributed by atoms with Crippen molar-refractivity contribution in [3.63, 3.8) is 0 Å². The van der Waals surface area contributed by atoms with Crippen LogP contribution in [-0.2, 0) is 4.79 Å². The van der Waals surface area contributed by atoms with Crippen LogP contribution in [0.5, 0.6) is 0 Å². The summed E-state index contributed by atoms with van der Waals surface area (Å²) in [5.41, 5.74) is 0. The third-order valence-electron chi connectivity index (χ3n) is 3.14. The maximum Gasteiger partial charge on any atom is 0.328 e. The van der Waals surface area contributed by atoms with Crippen LogP contribution in [0.25, 0.3) is 0 Å². The van der Waals surface area contributed by atoms with Gasteiger partial charge in [-0.05, 0) is 31.6 Å². The van der Waals surface area contributed by atoms with Gasteiger partial charge in [0.2, 0.25) is 0 Å². The number of rotatable bonds is 4. The van der Waals surface area contributed by atoms with Gasteiger partial charge >= 0.3 is 12.0 Å². The standard InChI is InChI=1S/C11H20N2O4/c1-7-2-4-8(5-3-7)12-11(17)13-9(6-14)10(15)16/h7-9,14H,2-6H2,1H3,(H,15,16)(H2,12,13,17). The van der Waals surface area contributed by atoms with Crippen molar-refractivity contribution in [2.45, 2.75) is 44.7 Å². The molecule has 1 rings (SSSR count). The Morgan fingerprint density at radius 3 is 2.35 bits per heavy atom. The summed E-state index contributed by atoms with van der Waals surface area (Å²) in [6.45, 7) is 1.58. The number of aliphatic hydroxyl groups is 1. The molecule has 0 aromatic rings. The minimum absolute atomic E-state index is 0.110. The highest BCUT2D eigenvalue weighted by molar-refractivity contribution is 5.82. The van der Waals surface area contributed by atoms with Gasteiger partial charge in [-0.25, -0.2) is 9.59 Å². The van der Waals surface area contributed by atoms with Crippen molar-refractivity contribution in [2.24, 2.45) is 5.92 Å². The molecule has 0 radical (unpaired) electrons. The van der Waals surface area contributed by atoms with Crippen LogP contribution in [0.3, 0.4) is 0 Å². The summed E-state index contributed by atoms with van der Waals surface area (Å²) < 4.78 is 0. The van der Waals surface area contributed by atoms with Crippen molar-refractivity contribution in [1.29, 1.82) is 0 Å². The Morgan fingerprint density at radius 1 is 1.29 bits per heavy atom. The second-order valence-corrected chi connectivity index (χ2v) is 4.65. The molecule has 17 heavy (non-hydrogen) atoms. The average Bonchev–Trinajstić information content (AvgIpc) is 2.28. The first-order chi connectivity index (χ1) is 8.02. The third kappa shape index (κ3) is 4.60. The second kappa shape index (κ2) is 6.44. The number of carboxylic acids is 1. The topological polar surface area (TPSA) is 98.7 Å². The summed E-state index contributed by atoms with van der Waals surface area (Å²) in [4.78, 5) is 22.1. The van der Waals surface area contributed by atoms with Gasteiger partial charge in [-0.1, -0.05) is 6.92 Å². The van der Waals surface area contributed by atoms with Crippen LogP contribution in [0, 0.1) is 5.92 Å². The maximum absolute atomic E-state index is 11.5. The van der Waals surface area contributed by atoms with E-state index in [0.717, 1.165) is 25.7 Å². The Kier molecular flexibility index (Phi) is 5.21. The zero-order valence-corrected chi connectivity index (χ0v) is 9.98. The van der Waals surface area contributed by atoms with Crippen LogP contribution in [0.1, 0.15) is 32.6 Å². The second-order valence-electron chi connectivity index (χ2n) is 4.65. The lowest BCUT2D eigenvalue weighted by Crippen LogP contribution is -2.50. The molecule has 0 heterocycles. The highest BCUT2D eigenvalue weighted by atomic mass is 16.4. The highest BCUT2D eigenvalue weighted by Gasteiger charge is 2.22. The fourth-order valence-electron chi connectivity index (χ4n) is 1.98. The lowest BCUT2D eigenvalue weighted by molar-refractivity contribution is -0.140. The normalized spacial score (nSPS) is 26.0. The highest BCUT2D eigenvalue weighted by Crippen LogP contribution is 2.23. The molecule has 0 aromatic heterocycles. The van der Waals surface area contributed by atoms with E-state index in [2.05, 4.69) is 17.6 Å². The molecule has 0 saturated heterocycles. The predicted molar refractivity (Wildman–Crippen MR) is 61.6 cm³/mol. The molecule has 1 fully saturated rings. The summed E-state index contributed by atoms with van der Waals surface area (Å²) in [7, 11) is 0. The van der Waals surface area contributed by atoms with E-state index in [1.807, 2.05) is 0 Å². The number of carbonyl (C=O) groups excluding carboxylic acids is 1. The molecule has 1 aliphatic rings. The van der Waals surface area contributed by atoms with Crippen LogP contribution >= 0.6 is 0 Å². The molecule has 0 spiro atoms. The molecule has 6 heteroatoms. The zero-order chi connectivity index (χ0) is 12.8. The lowest BCUT2D eigenvalue weighted by atomic mass is 9.87. The molecular weight excluding hydrogens is 224 g/mol. The molecular formula is C11H20N2O4. The number of nitrogens with one attached hydrogen (secondary N) is 2. The summed E-state index contributed by atoms with van der Waals surface area (Å²) in [5, 5.41) is 22.4. The van der Waals surface area contributed by atoms with Gasteiger partial charge in [-0.3, -0.25) is 0 Å². The Balaban J connectivity index is 2.31. The van der Waals surface area contributed by atoms with Crippen LogP contribution in [0.2, 0.25) is 0 Å². The average molecular weight is 244 g/mol. The van der Waals surface area contributed by atoms with Crippen molar-refractivity contribution < 1.29 is 19.8 Å². The minimum Gasteiger partial charge on any atom is -0.480 e. The third-order valence-corrected chi connectivity index (χ3v) is 3.14. The number of carboxylic acid groups (broad SMARTS) is 1. The van der Waals surface area contributed by atoms with Crippen molar-refractivity contribution in [3.05, 3.63) is 0 Å². The van der Waals surface area contributed by atoms with E-state index in [-0.39, 0.29) is 6.04 Å². The van der Waals surface area contributed by atoms with Crippen molar-refractivity contribution in [1.82, 2.24) is 10.6 Å². The van der Waals surface area contributed by atoms with E-state index in [1.165, 1.54) is 0 Å². The molecule has 1 aliphatic carbocycles. The predicted octanol–water partition coefficient (Wildman–Crippen LogP) is 0.310. The molecule has 1 saturated carbocycles. The van der Waals surface area contributed by atoms with Gasteiger partial charge in [-0.2, -0.15) is 0 Å². The monoisotopic (exact) mass is 244 g/mol. The van der Waals surface area contributed by atoms with E-state index in [0.29, 0.717) is 5.92 Å². The molecule has 6 nitrogen and oxygen atoms in total. The first-order valence-corrected chi connectivity index (χ1v) is 5.93. The minimum atomic E-state index is -1.24. The van der Waals surface area contributed by atoms with Gasteiger partial charge in [-0.15, -0.1) is 0 Å². The number of hydrogen-bond acceptors (Lipinski definition) is 3. The fourth-order valence-corrected chi connectivity index (χ4v) is 1.98. The number of carbonyl (C=O) groups is 2. The largest absolute Gasteiger partial charge is 0.480 e. The lowest BCUT2D eigenvalue weighted by Gasteiger charge is -2.27. The van der Waals surface area contributed by atoms with Gasteiger partial charge in [0.05, 0.1) is 6.61 Å². The Labute approximate surface area is 100 Å². The van der Waals surface area contributed by atoms with Gasteiger partial charge in [0.15, 0.2) is 6.04 Å². The quantitative estimate of drug-likeness (QED) is 0.572. The summed E-state index contributed by atoms with van der Waals surface area (Å²) >= 11 is 0. The Morgan fingerprint density at radius 2 is 1.88 bits per heavy atom. The fraction of sp³-hybridized carbons (Fsp3) is 0.818. The SMILES string of the molecule is CC1CCC(NC(=O)NC(CO)C(=O)O)CC1. The first kappa shape index (κ1) is 13.8. The van der Waals surface area contributed by atoms with Gasteiger partial charge < -0.3 is 20.8 Å². The molecule has 1 unspecified atom stereocenters. The van der Waals surface area contributed by atoms with E-state index in [9.17, 15) is 9.59 Å². The molecule has 2 amide bonds. The van der Waals surface area contributed by atoms with Gasteiger partial charge in [0.25, 0.3) is 0 Å². The summed E-state index contributed by atoms with van der Waals surface area (Å²) in [6, 6.07) is -1.65. The number of amides is 2. The van der Waals surface area contributed by atoms with Gasteiger partial charge in [0, 0.05) is 6.04 Å². The molecule has 1 atom stereocenters. The number of hydrogen-bond donors (Lipinski definition) is 4. The van der Waals surface area contributed by atoms with E-state index >= 15 is 0 Å². The number of urea groups is 1. The Bertz CT molecular complexity index is 275. The number of aliphatic hydroxyl groups excluding tert-OH is 1. The van der Waals surface area contributed by atoms with Crippen molar-refractivity contribution in [2.75, 3.05) is 6.61 Å². The van der Waals surface area contributed by atoms with Crippen LogP contribution in [0.15, 0.2) is 0 Å².